The quantitative estimate of drug-likeness (QED) is 0.385. The number of nitrogens with one attached hydrogen (secondary N) is 3. The van der Waals surface area contributed by atoms with Crippen LogP contribution in [0.2, 0.25) is 0 Å². The summed E-state index contributed by atoms with van der Waals surface area (Å²) >= 11 is 0. The maximum absolute atomic E-state index is 12.6. The fraction of sp³-hybridized carbons (Fsp3) is 0.231. The third-order valence-electron chi connectivity index (χ3n) is 5.90. The van der Waals surface area contributed by atoms with Gasteiger partial charge in [0.2, 0.25) is 5.88 Å². The van der Waals surface area contributed by atoms with Crippen molar-refractivity contribution < 1.29 is 14.3 Å². The Morgan fingerprint density at radius 3 is 2.82 bits per heavy atom. The summed E-state index contributed by atoms with van der Waals surface area (Å²) in [5.41, 5.74) is 4.27. The lowest BCUT2D eigenvalue weighted by molar-refractivity contribution is 0.0933. The van der Waals surface area contributed by atoms with E-state index in [9.17, 15) is 9.59 Å². The Labute approximate surface area is 196 Å². The molecular weight excluding hydrogens is 430 g/mol. The minimum atomic E-state index is -0.200. The van der Waals surface area contributed by atoms with E-state index in [0.717, 1.165) is 24.8 Å². The maximum atomic E-state index is 12.6. The van der Waals surface area contributed by atoms with Crippen molar-refractivity contribution in [2.45, 2.75) is 32.2 Å². The van der Waals surface area contributed by atoms with Crippen molar-refractivity contribution in [2.24, 2.45) is 0 Å². The number of rotatable bonds is 7. The van der Waals surface area contributed by atoms with Crippen LogP contribution in [0, 0.1) is 0 Å². The number of carbonyl (C=O) groups excluding carboxylic acids is 2. The Kier molecular flexibility index (Phi) is 5.95. The van der Waals surface area contributed by atoms with Crippen LogP contribution in [0.15, 0.2) is 60.9 Å². The van der Waals surface area contributed by atoms with Crippen molar-refractivity contribution in [1.29, 1.82) is 0 Å². The summed E-state index contributed by atoms with van der Waals surface area (Å²) in [7, 11) is 0. The van der Waals surface area contributed by atoms with Crippen molar-refractivity contribution in [3.63, 3.8) is 0 Å². The van der Waals surface area contributed by atoms with E-state index >= 15 is 0 Å². The second kappa shape index (κ2) is 9.35. The topological polar surface area (TPSA) is 109 Å². The molecule has 0 radical (unpaired) electrons. The average molecular weight is 456 g/mol. The summed E-state index contributed by atoms with van der Waals surface area (Å²) in [5.74, 6) is 0.594. The number of aromatic amines is 1. The van der Waals surface area contributed by atoms with Gasteiger partial charge in [-0.15, -0.1) is 0 Å². The molecule has 1 aliphatic rings. The molecule has 0 unspecified atom stereocenters. The minimum Gasteiger partial charge on any atom is -0.437 e. The van der Waals surface area contributed by atoms with Crippen LogP contribution in [0.1, 0.15) is 57.7 Å². The van der Waals surface area contributed by atoms with Gasteiger partial charge in [0, 0.05) is 18.3 Å². The van der Waals surface area contributed by atoms with Crippen LogP contribution >= 0.6 is 0 Å². The summed E-state index contributed by atoms with van der Waals surface area (Å²) in [5, 5.41) is 5.98. The van der Waals surface area contributed by atoms with Gasteiger partial charge in [0.1, 0.15) is 11.3 Å². The van der Waals surface area contributed by atoms with Gasteiger partial charge in [0.15, 0.2) is 5.65 Å². The minimum absolute atomic E-state index is 0.0849. The molecule has 2 aromatic carbocycles. The van der Waals surface area contributed by atoms with Crippen LogP contribution in [-0.2, 0) is 6.42 Å². The number of aryl methyl sites for hydroxylation is 1. The molecule has 0 saturated heterocycles. The first kappa shape index (κ1) is 21.6. The van der Waals surface area contributed by atoms with Crippen molar-refractivity contribution in [1.82, 2.24) is 25.6 Å². The number of hydrogen-bond donors (Lipinski definition) is 3. The molecule has 0 aliphatic heterocycles. The van der Waals surface area contributed by atoms with E-state index in [1.807, 2.05) is 43.3 Å². The first-order valence-electron chi connectivity index (χ1n) is 11.4. The Hall–Kier alpha value is -4.20. The predicted octanol–water partition coefficient (Wildman–Crippen LogP) is 4.31. The smallest absolute Gasteiger partial charge is 0.255 e. The first-order chi connectivity index (χ1) is 16.6. The number of hydrogen-bond acceptors (Lipinski definition) is 5. The molecule has 0 saturated carbocycles. The highest BCUT2D eigenvalue weighted by Crippen LogP contribution is 2.35. The van der Waals surface area contributed by atoms with Gasteiger partial charge in [-0.1, -0.05) is 31.2 Å². The average Bonchev–Trinajstić information content (AvgIpc) is 3.47. The lowest BCUT2D eigenvalue weighted by atomic mass is 10.1. The van der Waals surface area contributed by atoms with Gasteiger partial charge in [-0.25, -0.2) is 9.97 Å². The Bertz CT molecular complexity index is 1350. The summed E-state index contributed by atoms with van der Waals surface area (Å²) in [6.07, 6.45) is 5.70. The van der Waals surface area contributed by atoms with Gasteiger partial charge in [-0.3, -0.25) is 9.59 Å². The molecule has 0 fully saturated rings. The Balaban J connectivity index is 1.35. The Morgan fingerprint density at radius 1 is 1.15 bits per heavy atom. The Morgan fingerprint density at radius 2 is 2.00 bits per heavy atom. The fourth-order valence-corrected chi connectivity index (χ4v) is 4.18. The van der Waals surface area contributed by atoms with Crippen LogP contribution in [0.25, 0.3) is 11.2 Å². The predicted molar refractivity (Wildman–Crippen MR) is 128 cm³/mol. The SMILES string of the molecule is CCCNC(=O)c1c[nH]c2ncc(Oc3ccc4c(c3)[C@H](NC(=O)c3ccccc3)CC4)nc12. The number of amides is 2. The standard InChI is InChI=1S/C26H25N5O3/c1-2-12-27-26(33)20-14-28-24-23(20)31-22(15-29-24)34-18-10-8-16-9-11-21(19(16)13-18)30-25(32)17-6-4-3-5-7-17/h3-8,10,13-15,21H,2,9,11-12H2,1H3,(H,27,33)(H,28,29)(H,30,32)/t21-/m1/s1. The maximum Gasteiger partial charge on any atom is 0.255 e. The molecule has 2 amide bonds. The normalized spacial score (nSPS) is 14.6. The van der Waals surface area contributed by atoms with Crippen molar-refractivity contribution in [3.8, 4) is 11.6 Å². The number of H-pyrrole nitrogens is 1. The fourth-order valence-electron chi connectivity index (χ4n) is 4.18. The molecule has 1 aliphatic carbocycles. The van der Waals surface area contributed by atoms with Crippen LogP contribution in [0.3, 0.4) is 0 Å². The molecule has 1 atom stereocenters. The highest BCUT2D eigenvalue weighted by molar-refractivity contribution is 6.04. The molecule has 8 nitrogen and oxygen atoms in total. The van der Waals surface area contributed by atoms with Crippen molar-refractivity contribution >= 4 is 23.0 Å². The van der Waals surface area contributed by atoms with Crippen molar-refractivity contribution in [2.75, 3.05) is 6.54 Å². The first-order valence-corrected chi connectivity index (χ1v) is 11.4. The highest BCUT2D eigenvalue weighted by Gasteiger charge is 2.25. The van der Waals surface area contributed by atoms with Gasteiger partial charge in [-0.2, -0.15) is 0 Å². The number of fused-ring (bicyclic) bond motifs is 2. The number of aromatic nitrogens is 3. The van der Waals surface area contributed by atoms with Gasteiger partial charge < -0.3 is 20.4 Å². The van der Waals surface area contributed by atoms with Gasteiger partial charge in [-0.05, 0) is 54.7 Å². The molecule has 2 aromatic heterocycles. The van der Waals surface area contributed by atoms with Crippen LogP contribution in [0.4, 0.5) is 0 Å². The number of nitrogens with zero attached hydrogens (tertiary/aromatic N) is 2. The molecule has 172 valence electrons. The largest absolute Gasteiger partial charge is 0.437 e. The van der Waals surface area contributed by atoms with E-state index < -0.39 is 0 Å². The van der Waals surface area contributed by atoms with Gasteiger partial charge in [0.25, 0.3) is 11.8 Å². The molecule has 3 N–H and O–H groups in total. The number of benzene rings is 2. The zero-order valence-electron chi connectivity index (χ0n) is 18.8. The van der Waals surface area contributed by atoms with Crippen molar-refractivity contribution in [3.05, 3.63) is 83.2 Å². The molecular formula is C26H25N5O3. The summed E-state index contributed by atoms with van der Waals surface area (Å²) in [6, 6.07) is 15.0. The molecule has 34 heavy (non-hydrogen) atoms. The van der Waals surface area contributed by atoms with E-state index in [2.05, 4.69) is 25.6 Å². The third-order valence-corrected chi connectivity index (χ3v) is 5.90. The van der Waals surface area contributed by atoms with Crippen LogP contribution < -0.4 is 15.4 Å². The van der Waals surface area contributed by atoms with E-state index in [4.69, 9.17) is 4.74 Å². The second-order valence-electron chi connectivity index (χ2n) is 8.26. The van der Waals surface area contributed by atoms with E-state index in [1.54, 1.807) is 18.3 Å². The number of carbonyl (C=O) groups is 2. The van der Waals surface area contributed by atoms with E-state index in [0.29, 0.717) is 40.5 Å². The van der Waals surface area contributed by atoms with Gasteiger partial charge >= 0.3 is 0 Å². The molecule has 2 heterocycles. The van der Waals surface area contributed by atoms with Crippen LogP contribution in [0.5, 0.6) is 11.6 Å². The van der Waals surface area contributed by atoms with Crippen LogP contribution in [-0.4, -0.2) is 33.3 Å². The summed E-state index contributed by atoms with van der Waals surface area (Å²) < 4.78 is 6.00. The molecule has 0 bridgehead atoms. The molecule has 8 heteroatoms. The monoisotopic (exact) mass is 455 g/mol. The van der Waals surface area contributed by atoms with E-state index in [-0.39, 0.29) is 17.9 Å². The third kappa shape index (κ3) is 4.34. The summed E-state index contributed by atoms with van der Waals surface area (Å²) in [6.45, 7) is 2.59. The molecule has 0 spiro atoms. The zero-order valence-corrected chi connectivity index (χ0v) is 18.8. The lowest BCUT2D eigenvalue weighted by Gasteiger charge is -2.15. The molecule has 5 rings (SSSR count). The summed E-state index contributed by atoms with van der Waals surface area (Å²) in [4.78, 5) is 36.9. The van der Waals surface area contributed by atoms with E-state index in [1.165, 1.54) is 11.8 Å². The van der Waals surface area contributed by atoms with Gasteiger partial charge in [0.05, 0.1) is 17.8 Å². The second-order valence-corrected chi connectivity index (χ2v) is 8.26. The molecule has 4 aromatic rings. The zero-order chi connectivity index (χ0) is 23.5. The highest BCUT2D eigenvalue weighted by atomic mass is 16.5. The lowest BCUT2D eigenvalue weighted by Crippen LogP contribution is -2.27. The number of ether oxygens (including phenoxy) is 1.